The number of carbonyl (C=O) groups excluding carboxylic acids is 4. The molecule has 0 bridgehead atoms. The molecule has 0 spiro atoms. The summed E-state index contributed by atoms with van der Waals surface area (Å²) in [5.41, 5.74) is -0.970. The van der Waals surface area contributed by atoms with E-state index >= 15 is 0 Å². The first-order valence-electron chi connectivity index (χ1n) is 10.00. The number of nitrogens with one attached hydrogen (secondary N) is 1. The Kier molecular flexibility index (Phi) is 6.83. The third-order valence-corrected chi connectivity index (χ3v) is 5.16. The van der Waals surface area contributed by atoms with Crippen molar-refractivity contribution in [1.29, 1.82) is 0 Å². The highest BCUT2D eigenvalue weighted by atomic mass is 35.5. The van der Waals surface area contributed by atoms with Crippen LogP contribution in [0, 0.1) is 0 Å². The van der Waals surface area contributed by atoms with Crippen LogP contribution in [0.2, 0.25) is 5.02 Å². The number of hydrogen-bond donors (Lipinski definition) is 1. The monoisotopic (exact) mass is 462 g/mol. The number of rotatable bonds is 7. The molecule has 1 aromatic carbocycles. The number of amides is 2. The molecule has 0 saturated heterocycles. The first-order valence-corrected chi connectivity index (χ1v) is 10.4. The second kappa shape index (κ2) is 9.39. The molecule has 0 fully saturated rings. The van der Waals surface area contributed by atoms with Gasteiger partial charge in [0, 0.05) is 16.8 Å². The summed E-state index contributed by atoms with van der Waals surface area (Å²) in [6, 6.07) is 7.73. The minimum Gasteiger partial charge on any atom is -0.465 e. The van der Waals surface area contributed by atoms with Gasteiger partial charge in [0.2, 0.25) is 5.91 Å². The Labute approximate surface area is 189 Å². The molecule has 170 valence electrons. The number of aromatic nitrogens is 2. The molecule has 0 aliphatic carbocycles. The number of carbonyl (C=O) groups is 4. The zero-order chi connectivity index (χ0) is 23.5. The highest BCUT2D eigenvalue weighted by molar-refractivity contribution is 6.30. The summed E-state index contributed by atoms with van der Waals surface area (Å²) < 4.78 is 11.1. The molecule has 1 aliphatic heterocycles. The number of nitrogens with zero attached hydrogens (tertiary/aromatic N) is 3. The fourth-order valence-corrected chi connectivity index (χ4v) is 3.56. The van der Waals surface area contributed by atoms with Crippen LogP contribution in [0.25, 0.3) is 0 Å². The van der Waals surface area contributed by atoms with Crippen molar-refractivity contribution in [3.8, 4) is 0 Å². The van der Waals surface area contributed by atoms with Gasteiger partial charge >= 0.3 is 11.9 Å². The zero-order valence-electron chi connectivity index (χ0n) is 17.9. The van der Waals surface area contributed by atoms with Crippen molar-refractivity contribution in [2.75, 3.05) is 24.7 Å². The Hall–Kier alpha value is -3.40. The van der Waals surface area contributed by atoms with E-state index in [-0.39, 0.29) is 37.7 Å². The van der Waals surface area contributed by atoms with Crippen LogP contribution in [0.3, 0.4) is 0 Å². The van der Waals surface area contributed by atoms with Gasteiger partial charge in [-0.1, -0.05) is 11.6 Å². The topological polar surface area (TPSA) is 120 Å². The van der Waals surface area contributed by atoms with Gasteiger partial charge in [-0.25, -0.2) is 4.79 Å². The number of hydrogen-bond acceptors (Lipinski definition) is 7. The molecule has 2 amide bonds. The van der Waals surface area contributed by atoms with E-state index in [1.54, 1.807) is 45.0 Å². The summed E-state index contributed by atoms with van der Waals surface area (Å²) >= 11 is 5.98. The Balaban J connectivity index is 2.01. The van der Waals surface area contributed by atoms with Crippen LogP contribution >= 0.6 is 11.6 Å². The molecule has 1 aromatic heterocycles. The van der Waals surface area contributed by atoms with E-state index in [4.69, 9.17) is 21.1 Å². The second-order valence-corrected chi connectivity index (χ2v) is 7.61. The van der Waals surface area contributed by atoms with Gasteiger partial charge in [0.25, 0.3) is 5.91 Å². The number of fused-ring (bicyclic) bond motifs is 1. The van der Waals surface area contributed by atoms with E-state index in [1.807, 2.05) is 0 Å². The fourth-order valence-electron chi connectivity index (χ4n) is 3.44. The SMILES string of the molecule is CCOC(=O)CNC(=O)[C@]1(C)Cn2nc(C(=O)OCC)cc2C(=O)N1c1ccc(Cl)cc1. The fraction of sp³-hybridized carbons (Fsp3) is 0.381. The smallest absolute Gasteiger partial charge is 0.358 e. The van der Waals surface area contributed by atoms with Crippen molar-refractivity contribution in [3.05, 3.63) is 46.7 Å². The zero-order valence-corrected chi connectivity index (χ0v) is 18.6. The average molecular weight is 463 g/mol. The molecule has 2 heterocycles. The average Bonchev–Trinajstić information content (AvgIpc) is 3.18. The molecule has 0 saturated carbocycles. The van der Waals surface area contributed by atoms with E-state index in [2.05, 4.69) is 10.4 Å². The van der Waals surface area contributed by atoms with Gasteiger partial charge in [-0.15, -0.1) is 0 Å². The highest BCUT2D eigenvalue weighted by Crippen LogP contribution is 2.33. The van der Waals surface area contributed by atoms with E-state index in [9.17, 15) is 19.2 Å². The van der Waals surface area contributed by atoms with E-state index in [1.165, 1.54) is 15.6 Å². The van der Waals surface area contributed by atoms with Gasteiger partial charge in [-0.2, -0.15) is 5.10 Å². The maximum Gasteiger partial charge on any atom is 0.358 e. The largest absolute Gasteiger partial charge is 0.465 e. The molecule has 0 unspecified atom stereocenters. The summed E-state index contributed by atoms with van der Waals surface area (Å²) in [5.74, 6) is -2.41. The molecule has 1 aliphatic rings. The Bertz CT molecular complexity index is 1050. The van der Waals surface area contributed by atoms with Crippen molar-refractivity contribution in [2.24, 2.45) is 0 Å². The molecular weight excluding hydrogens is 440 g/mol. The number of benzene rings is 1. The minimum atomic E-state index is -1.47. The van der Waals surface area contributed by atoms with Crippen LogP contribution in [-0.4, -0.2) is 58.8 Å². The molecule has 11 heteroatoms. The predicted molar refractivity (Wildman–Crippen MR) is 114 cm³/mol. The summed E-state index contributed by atoms with van der Waals surface area (Å²) in [6.45, 7) is 4.77. The first kappa shape index (κ1) is 23.3. The van der Waals surface area contributed by atoms with Gasteiger partial charge in [-0.3, -0.25) is 24.0 Å². The van der Waals surface area contributed by atoms with Crippen LogP contribution in [-0.2, 0) is 25.6 Å². The molecule has 1 N–H and O–H groups in total. The summed E-state index contributed by atoms with van der Waals surface area (Å²) in [7, 11) is 0. The highest BCUT2D eigenvalue weighted by Gasteiger charge is 2.49. The third kappa shape index (κ3) is 4.45. The Morgan fingerprint density at radius 2 is 1.81 bits per heavy atom. The standard InChI is InChI=1S/C21H23ClN4O6/c1-4-31-17(27)11-23-20(30)21(3)12-25-16(10-15(24-25)19(29)32-5-2)18(28)26(21)14-8-6-13(22)7-9-14/h6-10H,4-5,11-12H2,1-3H3,(H,23,30)/t21-/m0/s1. The summed E-state index contributed by atoms with van der Waals surface area (Å²) in [6.07, 6.45) is 0. The van der Waals surface area contributed by atoms with Crippen LogP contribution in [0.1, 0.15) is 41.7 Å². The third-order valence-electron chi connectivity index (χ3n) is 4.91. The van der Waals surface area contributed by atoms with Crippen LogP contribution in [0.4, 0.5) is 5.69 Å². The van der Waals surface area contributed by atoms with Crippen LogP contribution in [0.5, 0.6) is 0 Å². The molecular formula is C21H23ClN4O6. The Morgan fingerprint density at radius 3 is 2.44 bits per heavy atom. The minimum absolute atomic E-state index is 0.0394. The van der Waals surface area contributed by atoms with Crippen molar-refractivity contribution < 1.29 is 28.7 Å². The predicted octanol–water partition coefficient (Wildman–Crippen LogP) is 1.81. The van der Waals surface area contributed by atoms with E-state index in [0.29, 0.717) is 10.7 Å². The van der Waals surface area contributed by atoms with Crippen molar-refractivity contribution >= 4 is 41.0 Å². The molecule has 0 radical (unpaired) electrons. The number of esters is 2. The van der Waals surface area contributed by atoms with Gasteiger partial charge < -0.3 is 14.8 Å². The lowest BCUT2D eigenvalue weighted by Crippen LogP contribution is -2.65. The number of anilines is 1. The van der Waals surface area contributed by atoms with Crippen LogP contribution < -0.4 is 10.2 Å². The summed E-state index contributed by atoms with van der Waals surface area (Å²) in [4.78, 5) is 51.8. The summed E-state index contributed by atoms with van der Waals surface area (Å²) in [5, 5.41) is 7.15. The van der Waals surface area contributed by atoms with E-state index < -0.39 is 29.3 Å². The van der Waals surface area contributed by atoms with Gasteiger partial charge in [0.1, 0.15) is 17.8 Å². The normalized spacial score (nSPS) is 17.5. The lowest BCUT2D eigenvalue weighted by Gasteiger charge is -2.43. The van der Waals surface area contributed by atoms with Gasteiger partial charge in [0.15, 0.2) is 5.69 Å². The maximum absolute atomic E-state index is 13.5. The Morgan fingerprint density at radius 1 is 1.16 bits per heavy atom. The second-order valence-electron chi connectivity index (χ2n) is 7.17. The van der Waals surface area contributed by atoms with Crippen LogP contribution in [0.15, 0.2) is 30.3 Å². The maximum atomic E-state index is 13.5. The number of halogens is 1. The molecule has 32 heavy (non-hydrogen) atoms. The van der Waals surface area contributed by atoms with Crippen molar-refractivity contribution in [1.82, 2.24) is 15.1 Å². The van der Waals surface area contributed by atoms with E-state index in [0.717, 1.165) is 0 Å². The van der Waals surface area contributed by atoms with Crippen molar-refractivity contribution in [3.63, 3.8) is 0 Å². The molecule has 2 aromatic rings. The lowest BCUT2D eigenvalue weighted by atomic mass is 9.94. The molecule has 10 nitrogen and oxygen atoms in total. The first-order chi connectivity index (χ1) is 15.2. The van der Waals surface area contributed by atoms with Gasteiger partial charge in [0.05, 0.1) is 19.8 Å². The quantitative estimate of drug-likeness (QED) is 0.623. The number of ether oxygens (including phenoxy) is 2. The van der Waals surface area contributed by atoms with Gasteiger partial charge in [-0.05, 0) is 45.0 Å². The molecule has 3 rings (SSSR count). The van der Waals surface area contributed by atoms with Crippen molar-refractivity contribution in [2.45, 2.75) is 32.9 Å². The molecule has 1 atom stereocenters. The lowest BCUT2D eigenvalue weighted by molar-refractivity contribution is -0.144.